The van der Waals surface area contributed by atoms with E-state index >= 15 is 0 Å². The predicted octanol–water partition coefficient (Wildman–Crippen LogP) is 1.07. The maximum atomic E-state index is 10.2. The molecule has 82 valence electrons. The lowest BCUT2D eigenvalue weighted by molar-refractivity contribution is 0.129. The smallest absolute Gasteiger partial charge is 0.0982 e. The van der Waals surface area contributed by atoms with Gasteiger partial charge in [-0.25, -0.2) is 0 Å². The number of nitrogens with one attached hydrogen (secondary N) is 1. The van der Waals surface area contributed by atoms with Crippen molar-refractivity contribution in [1.82, 2.24) is 5.32 Å². The van der Waals surface area contributed by atoms with Gasteiger partial charge in [-0.3, -0.25) is 0 Å². The molecule has 0 amide bonds. The average Bonchev–Trinajstić information content (AvgIpc) is 2.23. The van der Waals surface area contributed by atoms with Gasteiger partial charge in [-0.2, -0.15) is 0 Å². The van der Waals surface area contributed by atoms with E-state index in [-0.39, 0.29) is 6.04 Å². The van der Waals surface area contributed by atoms with Crippen molar-refractivity contribution in [1.29, 1.82) is 0 Å². The van der Waals surface area contributed by atoms with E-state index < -0.39 is 6.10 Å². The average molecular weight is 206 g/mol. The van der Waals surface area contributed by atoms with Crippen LogP contribution in [0.1, 0.15) is 17.2 Å². The highest BCUT2D eigenvalue weighted by atomic mass is 16.3. The van der Waals surface area contributed by atoms with Crippen LogP contribution in [0.3, 0.4) is 0 Å². The van der Waals surface area contributed by atoms with Crippen LogP contribution >= 0.6 is 0 Å². The van der Waals surface area contributed by atoms with Gasteiger partial charge in [0.15, 0.2) is 0 Å². The summed E-state index contributed by atoms with van der Waals surface area (Å²) in [4.78, 5) is 2.19. The standard InChI is InChI=1S/C12H18N2O/c1-8-5-4-6-10-11(8)12(15)9(13-2)7-14(10)3/h4-6,9,12-13,15H,7H2,1-3H3. The molecule has 2 rings (SSSR count). The van der Waals surface area contributed by atoms with Gasteiger partial charge in [0.05, 0.1) is 12.1 Å². The summed E-state index contributed by atoms with van der Waals surface area (Å²) in [5.74, 6) is 0. The molecule has 1 aromatic rings. The van der Waals surface area contributed by atoms with Gasteiger partial charge in [-0.1, -0.05) is 12.1 Å². The summed E-state index contributed by atoms with van der Waals surface area (Å²) < 4.78 is 0. The van der Waals surface area contributed by atoms with Gasteiger partial charge >= 0.3 is 0 Å². The first-order valence-electron chi connectivity index (χ1n) is 5.31. The summed E-state index contributed by atoms with van der Waals surface area (Å²) in [5.41, 5.74) is 3.37. The van der Waals surface area contributed by atoms with Crippen molar-refractivity contribution in [2.24, 2.45) is 0 Å². The van der Waals surface area contributed by atoms with E-state index in [2.05, 4.69) is 23.3 Å². The van der Waals surface area contributed by atoms with Crippen LogP contribution in [-0.2, 0) is 0 Å². The number of nitrogens with zero attached hydrogens (tertiary/aromatic N) is 1. The quantitative estimate of drug-likeness (QED) is 0.721. The Bertz CT molecular complexity index is 365. The Balaban J connectivity index is 2.50. The molecule has 2 N–H and O–H groups in total. The molecular formula is C12H18N2O. The maximum absolute atomic E-state index is 10.2. The summed E-state index contributed by atoms with van der Waals surface area (Å²) in [5, 5.41) is 13.4. The summed E-state index contributed by atoms with van der Waals surface area (Å²) >= 11 is 0. The summed E-state index contributed by atoms with van der Waals surface area (Å²) in [6, 6.07) is 6.27. The summed E-state index contributed by atoms with van der Waals surface area (Å²) in [7, 11) is 3.96. The molecule has 0 radical (unpaired) electrons. The number of benzene rings is 1. The van der Waals surface area contributed by atoms with Gasteiger partial charge in [0.2, 0.25) is 0 Å². The van der Waals surface area contributed by atoms with Gasteiger partial charge in [0.1, 0.15) is 0 Å². The molecule has 1 aliphatic heterocycles. The van der Waals surface area contributed by atoms with Gasteiger partial charge in [0.25, 0.3) is 0 Å². The first-order valence-corrected chi connectivity index (χ1v) is 5.31. The third kappa shape index (κ3) is 1.62. The monoisotopic (exact) mass is 206 g/mol. The second-order valence-electron chi connectivity index (χ2n) is 4.23. The van der Waals surface area contributed by atoms with Crippen molar-refractivity contribution in [2.75, 3.05) is 25.5 Å². The molecule has 1 aliphatic rings. The number of likely N-dealkylation sites (N-methyl/N-ethyl adjacent to an activating group) is 2. The molecule has 0 spiro atoms. The number of aryl methyl sites for hydroxylation is 1. The van der Waals surface area contributed by atoms with E-state index in [1.807, 2.05) is 26.1 Å². The van der Waals surface area contributed by atoms with E-state index in [9.17, 15) is 5.11 Å². The lowest BCUT2D eigenvalue weighted by Crippen LogP contribution is -2.46. The van der Waals surface area contributed by atoms with Gasteiger partial charge in [0, 0.05) is 24.8 Å². The maximum Gasteiger partial charge on any atom is 0.0982 e. The normalized spacial score (nSPS) is 25.2. The number of aliphatic hydroxyl groups is 1. The Labute approximate surface area is 90.7 Å². The fraction of sp³-hybridized carbons (Fsp3) is 0.500. The number of rotatable bonds is 1. The number of aliphatic hydroxyl groups excluding tert-OH is 1. The Kier molecular flexibility index (Phi) is 2.67. The van der Waals surface area contributed by atoms with Crippen LogP contribution in [0.15, 0.2) is 18.2 Å². The van der Waals surface area contributed by atoms with Crippen LogP contribution in [-0.4, -0.2) is 31.8 Å². The van der Waals surface area contributed by atoms with Crippen molar-refractivity contribution in [3.63, 3.8) is 0 Å². The largest absolute Gasteiger partial charge is 0.387 e. The van der Waals surface area contributed by atoms with Crippen molar-refractivity contribution in [3.05, 3.63) is 29.3 Å². The fourth-order valence-corrected chi connectivity index (χ4v) is 2.33. The van der Waals surface area contributed by atoms with E-state index in [0.29, 0.717) is 0 Å². The number of hydrogen-bond acceptors (Lipinski definition) is 3. The minimum absolute atomic E-state index is 0.114. The molecule has 15 heavy (non-hydrogen) atoms. The molecule has 0 aromatic heterocycles. The molecule has 0 fully saturated rings. The summed E-state index contributed by atoms with van der Waals surface area (Å²) in [6.45, 7) is 2.89. The van der Waals surface area contributed by atoms with Crippen LogP contribution < -0.4 is 10.2 Å². The van der Waals surface area contributed by atoms with E-state index in [1.54, 1.807) is 0 Å². The molecule has 0 bridgehead atoms. The molecule has 0 saturated heterocycles. The van der Waals surface area contributed by atoms with Gasteiger partial charge < -0.3 is 15.3 Å². The second-order valence-corrected chi connectivity index (χ2v) is 4.23. The predicted molar refractivity (Wildman–Crippen MR) is 62.3 cm³/mol. The fourth-order valence-electron chi connectivity index (χ4n) is 2.33. The minimum Gasteiger partial charge on any atom is -0.387 e. The second kappa shape index (κ2) is 3.83. The molecule has 0 saturated carbocycles. The molecule has 2 unspecified atom stereocenters. The molecule has 3 nitrogen and oxygen atoms in total. The highest BCUT2D eigenvalue weighted by Crippen LogP contribution is 2.35. The Morgan fingerprint density at radius 2 is 2.20 bits per heavy atom. The van der Waals surface area contributed by atoms with Crippen molar-refractivity contribution in [3.8, 4) is 0 Å². The SMILES string of the molecule is CNC1CN(C)c2cccc(C)c2C1O. The Morgan fingerprint density at radius 3 is 2.87 bits per heavy atom. The van der Waals surface area contributed by atoms with Gasteiger partial charge in [-0.05, 0) is 25.6 Å². The molecule has 3 heteroatoms. The topological polar surface area (TPSA) is 35.5 Å². The third-order valence-corrected chi connectivity index (χ3v) is 3.23. The van der Waals surface area contributed by atoms with Crippen molar-refractivity contribution >= 4 is 5.69 Å². The summed E-state index contributed by atoms with van der Waals surface area (Å²) in [6.07, 6.45) is -0.401. The lowest BCUT2D eigenvalue weighted by Gasteiger charge is -2.37. The van der Waals surface area contributed by atoms with Crippen LogP contribution in [0.4, 0.5) is 5.69 Å². The minimum atomic E-state index is -0.401. The van der Waals surface area contributed by atoms with E-state index in [0.717, 1.165) is 23.4 Å². The third-order valence-electron chi connectivity index (χ3n) is 3.23. The highest BCUT2D eigenvalue weighted by molar-refractivity contribution is 5.59. The molecule has 0 aliphatic carbocycles. The number of fused-ring (bicyclic) bond motifs is 1. The van der Waals surface area contributed by atoms with Crippen molar-refractivity contribution in [2.45, 2.75) is 19.1 Å². The molecule has 1 heterocycles. The highest BCUT2D eigenvalue weighted by Gasteiger charge is 2.30. The van der Waals surface area contributed by atoms with Crippen LogP contribution in [0.5, 0.6) is 0 Å². The van der Waals surface area contributed by atoms with Crippen LogP contribution in [0, 0.1) is 6.92 Å². The van der Waals surface area contributed by atoms with Gasteiger partial charge in [-0.15, -0.1) is 0 Å². The first kappa shape index (κ1) is 10.5. The lowest BCUT2D eigenvalue weighted by atomic mass is 9.91. The molecule has 1 aromatic carbocycles. The zero-order valence-electron chi connectivity index (χ0n) is 9.49. The Morgan fingerprint density at radius 1 is 1.47 bits per heavy atom. The molecule has 2 atom stereocenters. The number of anilines is 1. The van der Waals surface area contributed by atoms with E-state index in [1.165, 1.54) is 0 Å². The number of hydrogen-bond donors (Lipinski definition) is 2. The first-order chi connectivity index (χ1) is 7.15. The van der Waals surface area contributed by atoms with Crippen molar-refractivity contribution < 1.29 is 5.11 Å². The molecular weight excluding hydrogens is 188 g/mol. The van der Waals surface area contributed by atoms with Crippen LogP contribution in [0.25, 0.3) is 0 Å². The Hall–Kier alpha value is -1.06. The zero-order chi connectivity index (χ0) is 11.0. The zero-order valence-corrected chi connectivity index (χ0v) is 9.49. The van der Waals surface area contributed by atoms with E-state index in [4.69, 9.17) is 0 Å². The van der Waals surface area contributed by atoms with Crippen LogP contribution in [0.2, 0.25) is 0 Å².